The predicted octanol–water partition coefficient (Wildman–Crippen LogP) is 1.40. The highest BCUT2D eigenvalue weighted by atomic mass is 127. The second kappa shape index (κ2) is 5.88. The maximum atomic E-state index is 11.9. The van der Waals surface area contributed by atoms with Crippen molar-refractivity contribution in [3.63, 3.8) is 0 Å². The van der Waals surface area contributed by atoms with Crippen molar-refractivity contribution in [1.82, 2.24) is 5.32 Å². The fourth-order valence-electron chi connectivity index (χ4n) is 2.24. The van der Waals surface area contributed by atoms with Crippen LogP contribution < -0.4 is 10.6 Å². The molecule has 1 aromatic carbocycles. The van der Waals surface area contributed by atoms with Gasteiger partial charge in [-0.15, -0.1) is 0 Å². The summed E-state index contributed by atoms with van der Waals surface area (Å²) in [5.74, 6) is -0.0213. The zero-order valence-electron chi connectivity index (χ0n) is 11.1. The Kier molecular flexibility index (Phi) is 4.58. The molecule has 2 N–H and O–H groups in total. The van der Waals surface area contributed by atoms with Crippen LogP contribution in [0.25, 0.3) is 0 Å². The second-order valence-electron chi connectivity index (χ2n) is 5.31. The topological polar surface area (TPSA) is 75.3 Å². The maximum absolute atomic E-state index is 11.9. The van der Waals surface area contributed by atoms with Crippen LogP contribution in [0, 0.1) is 3.57 Å². The van der Waals surface area contributed by atoms with Crippen molar-refractivity contribution >= 4 is 44.0 Å². The molecule has 0 saturated carbocycles. The van der Waals surface area contributed by atoms with E-state index in [1.807, 2.05) is 24.3 Å². The van der Waals surface area contributed by atoms with Gasteiger partial charge in [0.25, 0.3) is 0 Å². The minimum Gasteiger partial charge on any atom is -0.376 e. The van der Waals surface area contributed by atoms with Gasteiger partial charge < -0.3 is 10.6 Å². The number of hydrogen-bond donors (Lipinski definition) is 2. The third-order valence-electron chi connectivity index (χ3n) is 3.24. The van der Waals surface area contributed by atoms with Crippen LogP contribution in [0.15, 0.2) is 24.3 Å². The molecule has 110 valence electrons. The van der Waals surface area contributed by atoms with Crippen LogP contribution in [0.4, 0.5) is 5.69 Å². The first kappa shape index (κ1) is 15.6. The Morgan fingerprint density at radius 2 is 2.00 bits per heavy atom. The molecular weight excluding hydrogens is 391 g/mol. The zero-order valence-corrected chi connectivity index (χ0v) is 14.1. The molecule has 1 atom stereocenters. The molecule has 2 rings (SSSR count). The van der Waals surface area contributed by atoms with E-state index in [-0.39, 0.29) is 24.0 Å². The molecule has 5 nitrogen and oxygen atoms in total. The Bertz CT molecular complexity index is 601. The lowest BCUT2D eigenvalue weighted by Gasteiger charge is -2.24. The Hall–Kier alpha value is -0.830. The van der Waals surface area contributed by atoms with Crippen molar-refractivity contribution in [3.8, 4) is 0 Å². The molecule has 1 aliphatic heterocycles. The van der Waals surface area contributed by atoms with Gasteiger partial charge in [0.1, 0.15) is 0 Å². The van der Waals surface area contributed by atoms with Gasteiger partial charge in [-0.05, 0) is 60.2 Å². The van der Waals surface area contributed by atoms with Gasteiger partial charge in [-0.2, -0.15) is 0 Å². The van der Waals surface area contributed by atoms with Crippen molar-refractivity contribution in [2.75, 3.05) is 23.4 Å². The number of sulfone groups is 1. The SMILES string of the molecule is C[C@]1(NC(=O)CNc2ccc(I)cc2)CCS(=O)(=O)C1. The highest BCUT2D eigenvalue weighted by molar-refractivity contribution is 14.1. The number of carbonyl (C=O) groups excluding carboxylic acids is 1. The molecule has 1 amide bonds. The average molecular weight is 408 g/mol. The Balaban J connectivity index is 1.85. The lowest BCUT2D eigenvalue weighted by atomic mass is 10.0. The first-order valence-corrected chi connectivity index (χ1v) is 9.19. The Morgan fingerprint density at radius 3 is 2.55 bits per heavy atom. The smallest absolute Gasteiger partial charge is 0.239 e. The van der Waals surface area contributed by atoms with E-state index in [4.69, 9.17) is 0 Å². The number of amides is 1. The van der Waals surface area contributed by atoms with E-state index in [1.165, 1.54) is 0 Å². The fourth-order valence-corrected chi connectivity index (χ4v) is 4.69. The number of benzene rings is 1. The normalized spacial score (nSPS) is 24.3. The highest BCUT2D eigenvalue weighted by Gasteiger charge is 2.39. The summed E-state index contributed by atoms with van der Waals surface area (Å²) in [6.45, 7) is 1.91. The van der Waals surface area contributed by atoms with Crippen molar-refractivity contribution in [2.45, 2.75) is 18.9 Å². The molecule has 1 aromatic rings. The van der Waals surface area contributed by atoms with Gasteiger partial charge >= 0.3 is 0 Å². The summed E-state index contributed by atoms with van der Waals surface area (Å²) < 4.78 is 24.1. The van der Waals surface area contributed by atoms with Crippen LogP contribution in [0.5, 0.6) is 0 Å². The van der Waals surface area contributed by atoms with Crippen molar-refractivity contribution in [2.24, 2.45) is 0 Å². The van der Waals surface area contributed by atoms with Gasteiger partial charge in [-0.3, -0.25) is 4.79 Å². The molecule has 1 heterocycles. The van der Waals surface area contributed by atoms with E-state index in [1.54, 1.807) is 6.92 Å². The molecule has 1 fully saturated rings. The Morgan fingerprint density at radius 1 is 1.35 bits per heavy atom. The van der Waals surface area contributed by atoms with E-state index in [0.717, 1.165) is 9.26 Å². The summed E-state index contributed by atoms with van der Waals surface area (Å²) in [6.07, 6.45) is 0.477. The Labute approximate surface area is 132 Å². The van der Waals surface area contributed by atoms with E-state index in [9.17, 15) is 13.2 Å². The van der Waals surface area contributed by atoms with Crippen LogP contribution in [0.2, 0.25) is 0 Å². The minimum atomic E-state index is -3.01. The fraction of sp³-hybridized carbons (Fsp3) is 0.462. The van der Waals surface area contributed by atoms with Gasteiger partial charge in [-0.25, -0.2) is 8.42 Å². The molecule has 0 radical (unpaired) electrons. The number of rotatable bonds is 4. The largest absolute Gasteiger partial charge is 0.376 e. The number of carbonyl (C=O) groups is 1. The third-order valence-corrected chi connectivity index (χ3v) is 5.86. The predicted molar refractivity (Wildman–Crippen MR) is 87.5 cm³/mol. The molecule has 20 heavy (non-hydrogen) atoms. The van der Waals surface area contributed by atoms with Crippen LogP contribution in [0.3, 0.4) is 0 Å². The summed E-state index contributed by atoms with van der Waals surface area (Å²) in [4.78, 5) is 11.9. The monoisotopic (exact) mass is 408 g/mol. The molecule has 0 spiro atoms. The average Bonchev–Trinajstić information content (AvgIpc) is 2.62. The van der Waals surface area contributed by atoms with Gasteiger partial charge in [0.15, 0.2) is 9.84 Å². The van der Waals surface area contributed by atoms with E-state index < -0.39 is 15.4 Å². The lowest BCUT2D eigenvalue weighted by Crippen LogP contribution is -2.48. The molecule has 0 aliphatic carbocycles. The zero-order chi connectivity index (χ0) is 14.8. The molecule has 0 bridgehead atoms. The second-order valence-corrected chi connectivity index (χ2v) is 8.74. The summed E-state index contributed by atoms with van der Waals surface area (Å²) in [5, 5.41) is 5.83. The first-order chi connectivity index (χ1) is 9.28. The van der Waals surface area contributed by atoms with Crippen LogP contribution >= 0.6 is 22.6 Å². The lowest BCUT2D eigenvalue weighted by molar-refractivity contribution is -0.120. The first-order valence-electron chi connectivity index (χ1n) is 6.29. The third kappa shape index (κ3) is 4.34. The molecule has 1 aliphatic rings. The van der Waals surface area contributed by atoms with Crippen molar-refractivity contribution in [3.05, 3.63) is 27.8 Å². The molecular formula is C13H17IN2O3S. The highest BCUT2D eigenvalue weighted by Crippen LogP contribution is 2.22. The van der Waals surface area contributed by atoms with Gasteiger partial charge in [0, 0.05) is 9.26 Å². The quantitative estimate of drug-likeness (QED) is 0.739. The van der Waals surface area contributed by atoms with Gasteiger partial charge in [-0.1, -0.05) is 0 Å². The van der Waals surface area contributed by atoms with Gasteiger partial charge in [0.2, 0.25) is 5.91 Å². The van der Waals surface area contributed by atoms with E-state index >= 15 is 0 Å². The molecule has 0 unspecified atom stereocenters. The number of nitrogens with one attached hydrogen (secondary N) is 2. The van der Waals surface area contributed by atoms with E-state index in [2.05, 4.69) is 33.2 Å². The van der Waals surface area contributed by atoms with Gasteiger partial charge in [0.05, 0.1) is 23.6 Å². The summed E-state index contributed by atoms with van der Waals surface area (Å²) in [7, 11) is -3.01. The number of halogens is 1. The molecule has 7 heteroatoms. The van der Waals surface area contributed by atoms with Crippen molar-refractivity contribution < 1.29 is 13.2 Å². The minimum absolute atomic E-state index is 0.0231. The van der Waals surface area contributed by atoms with Crippen LogP contribution in [-0.2, 0) is 14.6 Å². The summed E-state index contributed by atoms with van der Waals surface area (Å²) in [5.41, 5.74) is 0.230. The van der Waals surface area contributed by atoms with Crippen LogP contribution in [-0.4, -0.2) is 37.9 Å². The standard InChI is InChI=1S/C13H17IN2O3S/c1-13(6-7-20(18,19)9-13)16-12(17)8-15-11-4-2-10(14)3-5-11/h2-5,15H,6-9H2,1H3,(H,16,17)/t13-/m0/s1. The van der Waals surface area contributed by atoms with E-state index in [0.29, 0.717) is 6.42 Å². The molecule has 1 saturated heterocycles. The number of hydrogen-bond acceptors (Lipinski definition) is 4. The molecule has 0 aromatic heterocycles. The number of anilines is 1. The summed E-state index contributed by atoms with van der Waals surface area (Å²) >= 11 is 2.21. The van der Waals surface area contributed by atoms with Crippen molar-refractivity contribution in [1.29, 1.82) is 0 Å². The summed E-state index contributed by atoms with van der Waals surface area (Å²) in [6, 6.07) is 7.70. The van der Waals surface area contributed by atoms with Crippen LogP contribution in [0.1, 0.15) is 13.3 Å². The maximum Gasteiger partial charge on any atom is 0.239 e.